The van der Waals surface area contributed by atoms with Crippen LogP contribution in [0.2, 0.25) is 10.0 Å². The topological polar surface area (TPSA) is 104 Å². The lowest BCUT2D eigenvalue weighted by Gasteiger charge is -2.14. The van der Waals surface area contributed by atoms with Gasteiger partial charge in [-0.1, -0.05) is 41.0 Å². The van der Waals surface area contributed by atoms with Crippen molar-refractivity contribution in [3.05, 3.63) is 57.3 Å². The van der Waals surface area contributed by atoms with E-state index in [1.54, 1.807) is 12.1 Å². The first-order valence-electron chi connectivity index (χ1n) is 10.6. The molecule has 1 atom stereocenters. The molecule has 0 fully saturated rings. The summed E-state index contributed by atoms with van der Waals surface area (Å²) < 4.78 is 26.1. The van der Waals surface area contributed by atoms with Gasteiger partial charge in [0, 0.05) is 24.1 Å². The Morgan fingerprint density at radius 2 is 1.97 bits per heavy atom. The van der Waals surface area contributed by atoms with E-state index < -0.39 is 9.84 Å². The lowest BCUT2D eigenvalue weighted by molar-refractivity contribution is 0.103. The van der Waals surface area contributed by atoms with Gasteiger partial charge in [-0.05, 0) is 51.3 Å². The Morgan fingerprint density at radius 1 is 1.23 bits per heavy atom. The van der Waals surface area contributed by atoms with Gasteiger partial charge in [0.05, 0.1) is 31.8 Å². The molecule has 1 amide bonds. The molecule has 186 valence electrons. The molecule has 1 unspecified atom stereocenters. The third kappa shape index (κ3) is 6.34. The second-order valence-corrected chi connectivity index (χ2v) is 13.3. The second kappa shape index (κ2) is 11.1. The highest BCUT2D eigenvalue weighted by Crippen LogP contribution is 2.40. The van der Waals surface area contributed by atoms with Crippen molar-refractivity contribution in [2.45, 2.75) is 26.6 Å². The van der Waals surface area contributed by atoms with Crippen LogP contribution < -0.4 is 10.6 Å². The number of pyridine rings is 1. The Morgan fingerprint density at radius 3 is 2.69 bits per heavy atom. The van der Waals surface area contributed by atoms with E-state index in [0.29, 0.717) is 29.8 Å². The largest absolute Gasteiger partial charge is 0.321 e. The van der Waals surface area contributed by atoms with E-state index in [4.69, 9.17) is 23.2 Å². The molecular weight excluding hydrogens is 549 g/mol. The van der Waals surface area contributed by atoms with Gasteiger partial charge in [-0.25, -0.2) is 13.4 Å². The molecule has 0 aliphatic carbocycles. The first-order valence-corrected chi connectivity index (χ1v) is 14.7. The maximum Gasteiger partial charge on any atom is 0.267 e. The number of aromatic nitrogens is 2. The van der Waals surface area contributed by atoms with Crippen LogP contribution >= 0.6 is 46.3 Å². The molecule has 0 saturated heterocycles. The van der Waals surface area contributed by atoms with Crippen molar-refractivity contribution >= 4 is 67.7 Å². The second-order valence-electron chi connectivity index (χ2n) is 8.18. The van der Waals surface area contributed by atoms with Crippen molar-refractivity contribution in [1.82, 2.24) is 20.2 Å². The summed E-state index contributed by atoms with van der Waals surface area (Å²) in [6, 6.07) is 4.76. The van der Waals surface area contributed by atoms with E-state index >= 15 is 0 Å². The molecular formula is C22H23Cl2N5O3S3. The molecule has 1 aromatic carbocycles. The molecule has 0 radical (unpaired) electrons. The van der Waals surface area contributed by atoms with E-state index in [-0.39, 0.29) is 22.6 Å². The number of sulfone groups is 1. The van der Waals surface area contributed by atoms with Crippen LogP contribution in [0, 0.1) is 0 Å². The highest BCUT2D eigenvalue weighted by molar-refractivity contribution is 8.01. The smallest absolute Gasteiger partial charge is 0.267 e. The third-order valence-corrected chi connectivity index (χ3v) is 10.1. The molecule has 0 saturated carbocycles. The standard InChI is InChI=1S/C22H23Cl2N5O3S3/c1-29(2)7-3-6-26-17-12-35(31,32)19-8-13(4-5-14(17)19)28-21(30)18-11-27-22(33-18)34-20-15(23)9-25-10-16(20)24/h4-5,8-11,17,26H,3,6-7,12H2,1-2H3,(H,28,30). The van der Waals surface area contributed by atoms with Gasteiger partial charge < -0.3 is 15.5 Å². The molecule has 8 nitrogen and oxygen atoms in total. The van der Waals surface area contributed by atoms with Gasteiger partial charge in [-0.15, -0.1) is 11.3 Å². The number of halogens is 2. The van der Waals surface area contributed by atoms with Crippen LogP contribution in [-0.4, -0.2) is 62.1 Å². The van der Waals surface area contributed by atoms with Crippen molar-refractivity contribution in [3.63, 3.8) is 0 Å². The number of hydrogen-bond donors (Lipinski definition) is 2. The van der Waals surface area contributed by atoms with Crippen molar-refractivity contribution < 1.29 is 13.2 Å². The number of carbonyl (C=O) groups excluding carboxylic acids is 1. The summed E-state index contributed by atoms with van der Waals surface area (Å²) in [6.45, 7) is 1.64. The molecule has 1 aliphatic rings. The summed E-state index contributed by atoms with van der Waals surface area (Å²) in [5, 5.41) is 6.91. The number of fused-ring (bicyclic) bond motifs is 1. The minimum Gasteiger partial charge on any atom is -0.321 e. The molecule has 1 aliphatic heterocycles. The Kier molecular flexibility index (Phi) is 8.37. The quantitative estimate of drug-likeness (QED) is 0.358. The summed E-state index contributed by atoms with van der Waals surface area (Å²) in [5.41, 5.74) is 1.14. The van der Waals surface area contributed by atoms with E-state index in [2.05, 4.69) is 25.5 Å². The minimum absolute atomic E-state index is 0.0112. The van der Waals surface area contributed by atoms with Crippen LogP contribution in [0.25, 0.3) is 0 Å². The summed E-state index contributed by atoms with van der Waals surface area (Å²) in [5.74, 6) is -0.368. The fraction of sp³-hybridized carbons (Fsp3) is 0.318. The lowest BCUT2D eigenvalue weighted by Crippen LogP contribution is -2.26. The average Bonchev–Trinajstić information content (AvgIpc) is 3.36. The minimum atomic E-state index is -3.44. The van der Waals surface area contributed by atoms with E-state index in [1.807, 2.05) is 14.1 Å². The zero-order chi connectivity index (χ0) is 25.2. The van der Waals surface area contributed by atoms with E-state index in [1.165, 1.54) is 47.8 Å². The maximum atomic E-state index is 12.8. The summed E-state index contributed by atoms with van der Waals surface area (Å²) in [7, 11) is 0.569. The number of nitrogens with zero attached hydrogens (tertiary/aromatic N) is 3. The highest BCUT2D eigenvalue weighted by Gasteiger charge is 2.34. The summed E-state index contributed by atoms with van der Waals surface area (Å²) >= 11 is 14.7. The van der Waals surface area contributed by atoms with Crippen molar-refractivity contribution in [3.8, 4) is 0 Å². The number of nitrogens with one attached hydrogen (secondary N) is 2. The molecule has 3 heterocycles. The van der Waals surface area contributed by atoms with Gasteiger partial charge in [0.15, 0.2) is 14.2 Å². The van der Waals surface area contributed by atoms with Gasteiger partial charge in [-0.3, -0.25) is 9.78 Å². The van der Waals surface area contributed by atoms with Crippen LogP contribution in [0.4, 0.5) is 5.69 Å². The van der Waals surface area contributed by atoms with Crippen LogP contribution in [-0.2, 0) is 9.84 Å². The summed E-state index contributed by atoms with van der Waals surface area (Å²) in [6.07, 6.45) is 5.36. The molecule has 13 heteroatoms. The zero-order valence-electron chi connectivity index (χ0n) is 18.9. The SMILES string of the molecule is CN(C)CCCNC1CS(=O)(=O)c2cc(NC(=O)c3cnc(Sc4c(Cl)cncc4Cl)s3)ccc21. The highest BCUT2D eigenvalue weighted by atomic mass is 35.5. The molecule has 2 aromatic heterocycles. The Balaban J connectivity index is 1.44. The number of amides is 1. The van der Waals surface area contributed by atoms with Gasteiger partial charge >= 0.3 is 0 Å². The number of rotatable bonds is 9. The predicted octanol–water partition coefficient (Wildman–Crippen LogP) is 4.62. The fourth-order valence-electron chi connectivity index (χ4n) is 3.60. The lowest BCUT2D eigenvalue weighted by atomic mass is 10.1. The van der Waals surface area contributed by atoms with E-state index in [9.17, 15) is 13.2 Å². The van der Waals surface area contributed by atoms with Crippen molar-refractivity contribution in [2.75, 3.05) is 38.3 Å². The van der Waals surface area contributed by atoms with Crippen molar-refractivity contribution in [2.24, 2.45) is 0 Å². The zero-order valence-corrected chi connectivity index (χ0v) is 22.9. The van der Waals surface area contributed by atoms with Crippen molar-refractivity contribution in [1.29, 1.82) is 0 Å². The first-order chi connectivity index (χ1) is 16.6. The monoisotopic (exact) mass is 571 g/mol. The Bertz CT molecular complexity index is 1330. The van der Waals surface area contributed by atoms with Gasteiger partial charge in [0.1, 0.15) is 4.88 Å². The normalized spacial score (nSPS) is 16.4. The number of anilines is 1. The van der Waals surface area contributed by atoms with E-state index in [0.717, 1.165) is 25.1 Å². The van der Waals surface area contributed by atoms with Crippen LogP contribution in [0.3, 0.4) is 0 Å². The van der Waals surface area contributed by atoms with Gasteiger partial charge in [0.2, 0.25) is 0 Å². The number of benzene rings is 1. The molecule has 0 spiro atoms. The van der Waals surface area contributed by atoms with Gasteiger partial charge in [0.25, 0.3) is 5.91 Å². The molecule has 35 heavy (non-hydrogen) atoms. The van der Waals surface area contributed by atoms with Gasteiger partial charge in [-0.2, -0.15) is 0 Å². The number of hydrogen-bond acceptors (Lipinski definition) is 9. The number of carbonyl (C=O) groups is 1. The average molecular weight is 573 g/mol. The number of thiazole rings is 1. The summed E-state index contributed by atoms with van der Waals surface area (Å²) in [4.78, 5) is 24.3. The van der Waals surface area contributed by atoms with Crippen LogP contribution in [0.1, 0.15) is 27.7 Å². The van der Waals surface area contributed by atoms with Crippen LogP contribution in [0.5, 0.6) is 0 Å². The third-order valence-electron chi connectivity index (χ3n) is 5.25. The maximum absolute atomic E-state index is 12.8. The molecule has 3 aromatic rings. The molecule has 2 N–H and O–H groups in total. The Labute approximate surface area is 222 Å². The molecule has 0 bridgehead atoms. The molecule has 4 rings (SSSR count). The first kappa shape index (κ1) is 26.3. The predicted molar refractivity (Wildman–Crippen MR) is 141 cm³/mol. The fourth-order valence-corrected chi connectivity index (χ4v) is 7.79. The van der Waals surface area contributed by atoms with Crippen LogP contribution in [0.15, 0.2) is 50.9 Å². The Hall–Kier alpha value is -1.73.